The third-order valence-corrected chi connectivity index (χ3v) is 5.97. The SMILES string of the molecule is CCCCN1C(=O)C(O)=C(C(=O)c2sc(C)nc2C)C1c1ccccc1C. The molecule has 1 atom stereocenters. The second-order valence-corrected chi connectivity index (χ2v) is 8.05. The van der Waals surface area contributed by atoms with E-state index in [0.717, 1.165) is 29.0 Å². The number of nitrogens with zero attached hydrogens (tertiary/aromatic N) is 2. The molecule has 0 bridgehead atoms. The fourth-order valence-electron chi connectivity index (χ4n) is 3.53. The van der Waals surface area contributed by atoms with Crippen LogP contribution < -0.4 is 0 Å². The minimum atomic E-state index is -0.570. The molecule has 1 amide bonds. The molecule has 0 aliphatic carbocycles. The van der Waals surface area contributed by atoms with Gasteiger partial charge in [0.1, 0.15) is 0 Å². The van der Waals surface area contributed by atoms with Crippen molar-refractivity contribution >= 4 is 23.0 Å². The molecule has 3 rings (SSSR count). The molecular weight excluding hydrogens is 360 g/mol. The van der Waals surface area contributed by atoms with Crippen LogP contribution in [0.15, 0.2) is 35.6 Å². The van der Waals surface area contributed by atoms with Crippen LogP contribution in [0.25, 0.3) is 0 Å². The Labute approximate surface area is 163 Å². The highest BCUT2D eigenvalue weighted by molar-refractivity contribution is 7.14. The largest absolute Gasteiger partial charge is 0.503 e. The number of aromatic nitrogens is 1. The van der Waals surface area contributed by atoms with Gasteiger partial charge >= 0.3 is 0 Å². The van der Waals surface area contributed by atoms with E-state index in [4.69, 9.17) is 0 Å². The molecule has 27 heavy (non-hydrogen) atoms. The Hall–Kier alpha value is -2.47. The lowest BCUT2D eigenvalue weighted by Crippen LogP contribution is -2.32. The summed E-state index contributed by atoms with van der Waals surface area (Å²) >= 11 is 1.30. The summed E-state index contributed by atoms with van der Waals surface area (Å²) in [5.41, 5.74) is 2.64. The molecule has 0 saturated carbocycles. The average molecular weight is 385 g/mol. The highest BCUT2D eigenvalue weighted by atomic mass is 32.1. The number of amides is 1. The number of carbonyl (C=O) groups is 2. The average Bonchev–Trinajstić information content (AvgIpc) is 3.10. The van der Waals surface area contributed by atoms with E-state index in [9.17, 15) is 14.7 Å². The summed E-state index contributed by atoms with van der Waals surface area (Å²) in [7, 11) is 0. The molecule has 1 aliphatic heterocycles. The van der Waals surface area contributed by atoms with Gasteiger partial charge in [0, 0.05) is 6.54 Å². The molecule has 142 valence electrons. The summed E-state index contributed by atoms with van der Waals surface area (Å²) in [6.07, 6.45) is 1.73. The molecule has 2 heterocycles. The normalized spacial score (nSPS) is 17.1. The first-order valence-electron chi connectivity index (χ1n) is 9.15. The third-order valence-electron chi connectivity index (χ3n) is 4.89. The van der Waals surface area contributed by atoms with E-state index in [0.29, 0.717) is 17.1 Å². The van der Waals surface area contributed by atoms with Crippen molar-refractivity contribution in [3.8, 4) is 0 Å². The zero-order valence-electron chi connectivity index (χ0n) is 16.1. The Morgan fingerprint density at radius 3 is 2.56 bits per heavy atom. The Morgan fingerprint density at radius 2 is 1.96 bits per heavy atom. The molecule has 5 nitrogen and oxygen atoms in total. The van der Waals surface area contributed by atoms with Crippen LogP contribution in [0.2, 0.25) is 0 Å². The first-order valence-corrected chi connectivity index (χ1v) is 9.96. The number of hydrogen-bond acceptors (Lipinski definition) is 5. The van der Waals surface area contributed by atoms with E-state index in [-0.39, 0.29) is 11.4 Å². The van der Waals surface area contributed by atoms with Gasteiger partial charge in [0.25, 0.3) is 5.91 Å². The van der Waals surface area contributed by atoms with Crippen LogP contribution >= 0.6 is 11.3 Å². The zero-order valence-corrected chi connectivity index (χ0v) is 16.9. The second kappa shape index (κ2) is 7.64. The van der Waals surface area contributed by atoms with Crippen molar-refractivity contribution in [1.82, 2.24) is 9.88 Å². The van der Waals surface area contributed by atoms with Gasteiger partial charge in [-0.1, -0.05) is 37.6 Å². The van der Waals surface area contributed by atoms with Gasteiger partial charge in [-0.2, -0.15) is 0 Å². The zero-order chi connectivity index (χ0) is 19.7. The number of ketones is 1. The van der Waals surface area contributed by atoms with E-state index in [1.54, 1.807) is 11.8 Å². The lowest BCUT2D eigenvalue weighted by molar-refractivity contribution is -0.129. The number of Topliss-reactive ketones (excluding diaryl/α,β-unsaturated/α-hetero) is 1. The standard InChI is InChI=1S/C21H24N2O3S/c1-5-6-11-23-17(15-10-8-7-9-12(15)2)16(19(25)21(23)26)18(24)20-13(3)22-14(4)27-20/h7-10,17,25H,5-6,11H2,1-4H3. The summed E-state index contributed by atoms with van der Waals surface area (Å²) in [6, 6.07) is 7.12. The number of thiazole rings is 1. The fourth-order valence-corrected chi connectivity index (χ4v) is 4.40. The Bertz CT molecular complexity index is 929. The second-order valence-electron chi connectivity index (χ2n) is 6.85. The maximum atomic E-state index is 13.3. The van der Waals surface area contributed by atoms with Gasteiger partial charge in [0.2, 0.25) is 5.78 Å². The maximum Gasteiger partial charge on any atom is 0.290 e. The summed E-state index contributed by atoms with van der Waals surface area (Å²) in [5, 5.41) is 11.4. The predicted octanol–water partition coefficient (Wildman–Crippen LogP) is 4.45. The number of aliphatic hydroxyl groups is 1. The van der Waals surface area contributed by atoms with E-state index in [2.05, 4.69) is 4.98 Å². The van der Waals surface area contributed by atoms with E-state index in [1.165, 1.54) is 11.3 Å². The Balaban J connectivity index is 2.13. The smallest absolute Gasteiger partial charge is 0.290 e. The fraction of sp³-hybridized carbons (Fsp3) is 0.381. The van der Waals surface area contributed by atoms with Gasteiger partial charge in [-0.3, -0.25) is 9.59 Å². The van der Waals surface area contributed by atoms with Crippen LogP contribution in [0.3, 0.4) is 0 Å². The summed E-state index contributed by atoms with van der Waals surface area (Å²) in [4.78, 5) is 32.6. The van der Waals surface area contributed by atoms with Crippen LogP contribution in [0.5, 0.6) is 0 Å². The molecule has 6 heteroatoms. The van der Waals surface area contributed by atoms with Crippen molar-refractivity contribution in [3.63, 3.8) is 0 Å². The molecule has 0 fully saturated rings. The number of unbranched alkanes of at least 4 members (excludes halogenated alkanes) is 1. The van der Waals surface area contributed by atoms with E-state index < -0.39 is 17.7 Å². The van der Waals surface area contributed by atoms with Crippen molar-refractivity contribution < 1.29 is 14.7 Å². The van der Waals surface area contributed by atoms with Crippen molar-refractivity contribution in [2.24, 2.45) is 0 Å². The highest BCUT2D eigenvalue weighted by Crippen LogP contribution is 2.41. The molecule has 1 N–H and O–H groups in total. The van der Waals surface area contributed by atoms with Crippen molar-refractivity contribution in [3.05, 3.63) is 62.3 Å². The number of aliphatic hydroxyl groups excluding tert-OH is 1. The topological polar surface area (TPSA) is 70.5 Å². The Kier molecular flexibility index (Phi) is 5.46. The molecule has 1 unspecified atom stereocenters. The van der Waals surface area contributed by atoms with Gasteiger partial charge in [0.05, 0.1) is 27.2 Å². The summed E-state index contributed by atoms with van der Waals surface area (Å²) in [5.74, 6) is -1.22. The molecule has 0 saturated heterocycles. The number of aryl methyl sites for hydroxylation is 3. The van der Waals surface area contributed by atoms with Crippen molar-refractivity contribution in [1.29, 1.82) is 0 Å². The van der Waals surface area contributed by atoms with Crippen molar-refractivity contribution in [2.45, 2.75) is 46.6 Å². The van der Waals surface area contributed by atoms with Gasteiger partial charge in [0.15, 0.2) is 5.76 Å². The van der Waals surface area contributed by atoms with Crippen LogP contribution in [-0.2, 0) is 4.79 Å². The molecule has 0 spiro atoms. The van der Waals surface area contributed by atoms with Gasteiger partial charge in [-0.25, -0.2) is 4.98 Å². The molecular formula is C21H24N2O3S. The monoisotopic (exact) mass is 384 g/mol. The lowest BCUT2D eigenvalue weighted by atomic mass is 9.92. The number of hydrogen-bond donors (Lipinski definition) is 1. The number of carbonyl (C=O) groups excluding carboxylic acids is 2. The van der Waals surface area contributed by atoms with E-state index in [1.807, 2.05) is 45.0 Å². The predicted molar refractivity (Wildman–Crippen MR) is 106 cm³/mol. The number of benzene rings is 1. The van der Waals surface area contributed by atoms with Crippen LogP contribution in [0, 0.1) is 20.8 Å². The van der Waals surface area contributed by atoms with Crippen molar-refractivity contribution in [2.75, 3.05) is 6.54 Å². The first kappa shape index (κ1) is 19.3. The molecule has 2 aromatic rings. The minimum Gasteiger partial charge on any atom is -0.503 e. The molecule has 1 aromatic carbocycles. The van der Waals surface area contributed by atoms with Gasteiger partial charge in [-0.05, 0) is 38.3 Å². The quantitative estimate of drug-likeness (QED) is 0.747. The van der Waals surface area contributed by atoms with E-state index >= 15 is 0 Å². The summed E-state index contributed by atoms with van der Waals surface area (Å²) in [6.45, 7) is 8.12. The molecule has 0 radical (unpaired) electrons. The third kappa shape index (κ3) is 3.41. The van der Waals surface area contributed by atoms with Gasteiger partial charge in [-0.15, -0.1) is 11.3 Å². The van der Waals surface area contributed by atoms with Gasteiger partial charge < -0.3 is 10.0 Å². The van der Waals surface area contributed by atoms with Crippen LogP contribution in [0.1, 0.15) is 57.3 Å². The molecule has 1 aromatic heterocycles. The van der Waals surface area contributed by atoms with Crippen LogP contribution in [0.4, 0.5) is 0 Å². The maximum absolute atomic E-state index is 13.3. The highest BCUT2D eigenvalue weighted by Gasteiger charge is 2.44. The molecule has 1 aliphatic rings. The first-order chi connectivity index (χ1) is 12.9. The lowest BCUT2D eigenvalue weighted by Gasteiger charge is -2.27. The minimum absolute atomic E-state index is 0.164. The Morgan fingerprint density at radius 1 is 1.26 bits per heavy atom. The van der Waals surface area contributed by atoms with Crippen LogP contribution in [-0.4, -0.2) is 33.2 Å². The number of rotatable bonds is 6. The summed E-state index contributed by atoms with van der Waals surface area (Å²) < 4.78 is 0.